The lowest BCUT2D eigenvalue weighted by atomic mass is 10.2. The van der Waals surface area contributed by atoms with Crippen molar-refractivity contribution < 1.29 is 23.7 Å². The summed E-state index contributed by atoms with van der Waals surface area (Å²) in [6, 6.07) is 18.9. The number of benzene rings is 3. The van der Waals surface area contributed by atoms with E-state index in [1.807, 2.05) is 54.6 Å². The van der Waals surface area contributed by atoms with Crippen molar-refractivity contribution in [3.63, 3.8) is 0 Å². The summed E-state index contributed by atoms with van der Waals surface area (Å²) in [5.74, 6) is 7.19. The molecule has 6 nitrogen and oxygen atoms in total. The normalized spacial score (nSPS) is 13.3. The van der Waals surface area contributed by atoms with E-state index in [1.165, 1.54) is 11.8 Å². The summed E-state index contributed by atoms with van der Waals surface area (Å²) in [4.78, 5) is 15.9. The SMILES string of the molecule is CCOC(=O)COc1ccc(Sc2cc(C#Cc3ccc(Cl)cc3)cc(OCCCN3CCOCC3)c2)cc1Cl. The van der Waals surface area contributed by atoms with Crippen molar-refractivity contribution in [2.45, 2.75) is 23.1 Å². The van der Waals surface area contributed by atoms with Crippen LogP contribution in [0.15, 0.2) is 70.5 Å². The van der Waals surface area contributed by atoms with Crippen LogP contribution in [-0.4, -0.2) is 63.5 Å². The molecule has 0 spiro atoms. The zero-order chi connectivity index (χ0) is 28.2. The summed E-state index contributed by atoms with van der Waals surface area (Å²) in [5, 5.41) is 1.08. The van der Waals surface area contributed by atoms with E-state index in [0.29, 0.717) is 29.0 Å². The largest absolute Gasteiger partial charge is 0.493 e. The zero-order valence-corrected chi connectivity index (χ0v) is 24.6. The van der Waals surface area contributed by atoms with Gasteiger partial charge in [-0.1, -0.05) is 46.8 Å². The number of nitrogens with zero attached hydrogens (tertiary/aromatic N) is 1. The molecule has 0 amide bonds. The second-order valence-electron chi connectivity index (χ2n) is 8.89. The monoisotopic (exact) mass is 599 g/mol. The summed E-state index contributed by atoms with van der Waals surface area (Å²) < 4.78 is 22.0. The molecular weight excluding hydrogens is 569 g/mol. The summed E-state index contributed by atoms with van der Waals surface area (Å²) in [7, 11) is 0. The van der Waals surface area contributed by atoms with Crippen molar-refractivity contribution in [2.24, 2.45) is 0 Å². The number of hydrogen-bond acceptors (Lipinski definition) is 7. The third-order valence-electron chi connectivity index (χ3n) is 5.86. The lowest BCUT2D eigenvalue weighted by Crippen LogP contribution is -2.37. The lowest BCUT2D eigenvalue weighted by Gasteiger charge is -2.26. The summed E-state index contributed by atoms with van der Waals surface area (Å²) in [6.07, 6.45) is 0.923. The van der Waals surface area contributed by atoms with Gasteiger partial charge in [-0.2, -0.15) is 0 Å². The third-order valence-corrected chi connectivity index (χ3v) is 7.36. The van der Waals surface area contributed by atoms with E-state index in [-0.39, 0.29) is 6.61 Å². The molecule has 1 fully saturated rings. The molecule has 9 heteroatoms. The van der Waals surface area contributed by atoms with Crippen molar-refractivity contribution in [1.82, 2.24) is 4.90 Å². The van der Waals surface area contributed by atoms with E-state index < -0.39 is 5.97 Å². The van der Waals surface area contributed by atoms with Gasteiger partial charge in [0.1, 0.15) is 11.5 Å². The maximum atomic E-state index is 11.6. The molecule has 3 aromatic rings. The third kappa shape index (κ3) is 9.96. The Balaban J connectivity index is 1.46. The van der Waals surface area contributed by atoms with Gasteiger partial charge in [0.2, 0.25) is 0 Å². The fourth-order valence-corrected chi connectivity index (χ4v) is 5.28. The Labute approximate surface area is 249 Å². The lowest BCUT2D eigenvalue weighted by molar-refractivity contribution is -0.145. The Morgan fingerprint density at radius 1 is 0.950 bits per heavy atom. The minimum atomic E-state index is -0.439. The molecule has 1 aliphatic heterocycles. The molecule has 210 valence electrons. The van der Waals surface area contributed by atoms with E-state index in [1.54, 1.807) is 13.0 Å². The standard InChI is InChI=1S/C31H31Cl2NO5S/c1-2-37-31(35)22-39-30-11-10-27(21-29(30)33)40-28-19-24(5-4-23-6-8-25(32)9-7-23)18-26(20-28)38-15-3-12-34-13-16-36-17-14-34/h6-11,18-21H,2-3,12-17,22H2,1H3. The summed E-state index contributed by atoms with van der Waals surface area (Å²) in [5.41, 5.74) is 1.71. The molecule has 40 heavy (non-hydrogen) atoms. The van der Waals surface area contributed by atoms with Gasteiger partial charge in [0.15, 0.2) is 6.61 Å². The van der Waals surface area contributed by atoms with Crippen LogP contribution >= 0.6 is 35.0 Å². The first-order chi connectivity index (χ1) is 19.5. The predicted molar refractivity (Wildman–Crippen MR) is 159 cm³/mol. The number of carbonyl (C=O) groups excluding carboxylic acids is 1. The van der Waals surface area contributed by atoms with Gasteiger partial charge in [-0.3, -0.25) is 4.90 Å². The fourth-order valence-electron chi connectivity index (χ4n) is 3.90. The fraction of sp³-hybridized carbons (Fsp3) is 0.323. The molecule has 0 saturated carbocycles. The number of halogens is 2. The molecule has 0 unspecified atom stereocenters. The van der Waals surface area contributed by atoms with Gasteiger partial charge in [0, 0.05) is 45.6 Å². The Morgan fingerprint density at radius 3 is 2.48 bits per heavy atom. The Morgan fingerprint density at radius 2 is 1.73 bits per heavy atom. The van der Waals surface area contributed by atoms with Gasteiger partial charge in [0.25, 0.3) is 0 Å². The number of hydrogen-bond donors (Lipinski definition) is 0. The van der Waals surface area contributed by atoms with Crippen molar-refractivity contribution in [3.05, 3.63) is 81.8 Å². The van der Waals surface area contributed by atoms with Gasteiger partial charge >= 0.3 is 5.97 Å². The molecule has 1 heterocycles. The molecule has 0 radical (unpaired) electrons. The van der Waals surface area contributed by atoms with Gasteiger partial charge in [0.05, 0.1) is 31.5 Å². The van der Waals surface area contributed by atoms with Gasteiger partial charge in [-0.15, -0.1) is 0 Å². The Hall–Kier alpha value is -2.86. The van der Waals surface area contributed by atoms with Crippen LogP contribution in [0.1, 0.15) is 24.5 Å². The first-order valence-electron chi connectivity index (χ1n) is 13.1. The summed E-state index contributed by atoms with van der Waals surface area (Å²) in [6.45, 7) is 6.94. The second-order valence-corrected chi connectivity index (χ2v) is 10.9. The zero-order valence-electron chi connectivity index (χ0n) is 22.3. The van der Waals surface area contributed by atoms with Crippen LogP contribution in [0.25, 0.3) is 0 Å². The van der Waals surface area contributed by atoms with Gasteiger partial charge in [-0.05, 0) is 74.0 Å². The van der Waals surface area contributed by atoms with Crippen molar-refractivity contribution in [2.75, 3.05) is 52.7 Å². The number of esters is 1. The highest BCUT2D eigenvalue weighted by Crippen LogP contribution is 2.35. The molecule has 1 saturated heterocycles. The van der Waals surface area contributed by atoms with Crippen LogP contribution in [-0.2, 0) is 14.3 Å². The number of carbonyl (C=O) groups is 1. The Kier molecular flexibility index (Phi) is 11.9. The van der Waals surface area contributed by atoms with Gasteiger partial charge < -0.3 is 18.9 Å². The highest BCUT2D eigenvalue weighted by atomic mass is 35.5. The maximum absolute atomic E-state index is 11.6. The highest BCUT2D eigenvalue weighted by molar-refractivity contribution is 7.99. The molecule has 0 bridgehead atoms. The van der Waals surface area contributed by atoms with E-state index in [9.17, 15) is 4.79 Å². The minimum Gasteiger partial charge on any atom is -0.493 e. The van der Waals surface area contributed by atoms with E-state index >= 15 is 0 Å². The first kappa shape index (κ1) is 30.1. The van der Waals surface area contributed by atoms with Crippen LogP contribution in [0.2, 0.25) is 10.0 Å². The van der Waals surface area contributed by atoms with Gasteiger partial charge in [-0.25, -0.2) is 4.79 Å². The van der Waals surface area contributed by atoms with Crippen LogP contribution in [0.4, 0.5) is 0 Å². The van der Waals surface area contributed by atoms with E-state index in [4.69, 9.17) is 42.1 Å². The topological polar surface area (TPSA) is 57.2 Å². The van der Waals surface area contributed by atoms with Crippen LogP contribution in [0, 0.1) is 11.8 Å². The van der Waals surface area contributed by atoms with Crippen LogP contribution < -0.4 is 9.47 Å². The average Bonchev–Trinajstić information content (AvgIpc) is 2.95. The predicted octanol–water partition coefficient (Wildman–Crippen LogP) is 6.59. The number of rotatable bonds is 11. The highest BCUT2D eigenvalue weighted by Gasteiger charge is 2.11. The van der Waals surface area contributed by atoms with Crippen molar-refractivity contribution >= 4 is 40.9 Å². The molecule has 0 aromatic heterocycles. The van der Waals surface area contributed by atoms with Crippen LogP contribution in [0.5, 0.6) is 11.5 Å². The molecule has 0 N–H and O–H groups in total. The Bertz CT molecular complexity index is 1330. The summed E-state index contributed by atoms with van der Waals surface area (Å²) >= 11 is 14.0. The number of morpholine rings is 1. The molecule has 3 aromatic carbocycles. The van der Waals surface area contributed by atoms with Crippen LogP contribution in [0.3, 0.4) is 0 Å². The van der Waals surface area contributed by atoms with E-state index in [2.05, 4.69) is 16.7 Å². The van der Waals surface area contributed by atoms with E-state index in [0.717, 1.165) is 65.9 Å². The second kappa shape index (κ2) is 15.8. The first-order valence-corrected chi connectivity index (χ1v) is 14.7. The number of ether oxygens (including phenoxy) is 4. The molecule has 0 atom stereocenters. The smallest absolute Gasteiger partial charge is 0.344 e. The minimum absolute atomic E-state index is 0.194. The quantitative estimate of drug-likeness (QED) is 0.140. The maximum Gasteiger partial charge on any atom is 0.344 e. The average molecular weight is 601 g/mol. The van der Waals surface area contributed by atoms with Crippen molar-refractivity contribution in [1.29, 1.82) is 0 Å². The molecule has 4 rings (SSSR count). The molecular formula is C31H31Cl2NO5S. The molecule has 0 aliphatic carbocycles. The molecule has 1 aliphatic rings. The van der Waals surface area contributed by atoms with Crippen molar-refractivity contribution in [3.8, 4) is 23.3 Å².